The highest BCUT2D eigenvalue weighted by atomic mass is 16.4. The summed E-state index contributed by atoms with van der Waals surface area (Å²) in [5.41, 5.74) is 0.0289. The Hall–Kier alpha value is -2.51. The maximum absolute atomic E-state index is 12.6. The van der Waals surface area contributed by atoms with Crippen molar-refractivity contribution in [3.8, 4) is 0 Å². The molecule has 0 saturated carbocycles. The van der Waals surface area contributed by atoms with Gasteiger partial charge in [-0.2, -0.15) is 0 Å². The van der Waals surface area contributed by atoms with Crippen LogP contribution >= 0.6 is 0 Å². The Balaban J connectivity index is 2.02. The molecule has 8 nitrogen and oxygen atoms in total. The number of nitrogens with zero attached hydrogens (tertiary/aromatic N) is 3. The van der Waals surface area contributed by atoms with Gasteiger partial charge in [-0.3, -0.25) is 4.79 Å². The van der Waals surface area contributed by atoms with Crippen LogP contribution in [0.4, 0.5) is 4.79 Å². The van der Waals surface area contributed by atoms with Gasteiger partial charge in [-0.05, 0) is 13.8 Å². The Morgan fingerprint density at radius 1 is 1.08 bits per heavy atom. The first kappa shape index (κ1) is 18.8. The predicted octanol–water partition coefficient (Wildman–Crippen LogP) is 1.76. The van der Waals surface area contributed by atoms with E-state index in [-0.39, 0.29) is 23.3 Å². The quantitative estimate of drug-likeness (QED) is 0.872. The second-order valence-corrected chi connectivity index (χ2v) is 5.84. The first-order chi connectivity index (χ1) is 11.9. The number of aryl methyl sites for hydroxylation is 1. The van der Waals surface area contributed by atoms with Crippen LogP contribution in [0.2, 0.25) is 0 Å². The Bertz CT molecular complexity index is 643. The molecule has 0 spiro atoms. The number of aromatic carboxylic acids is 1. The number of carbonyl (C=O) groups is 3. The summed E-state index contributed by atoms with van der Waals surface area (Å²) >= 11 is 0. The molecular weight excluding hydrogens is 326 g/mol. The van der Waals surface area contributed by atoms with Crippen molar-refractivity contribution in [3.63, 3.8) is 0 Å². The molecule has 0 aromatic carbocycles. The van der Waals surface area contributed by atoms with Crippen LogP contribution < -0.4 is 0 Å². The SMILES string of the molecule is CCc1oc(C(=O)N2CCN(C(=O)N(CC)CC)CC2)cc1C(=O)O. The Kier molecular flexibility index (Phi) is 6.06. The standard InChI is InChI=1S/C17H25N3O5/c1-4-13-12(16(22)23)11-14(25-13)15(21)19-7-9-20(10-8-19)17(24)18(5-2)6-3/h11H,4-10H2,1-3H3,(H,22,23). The number of rotatable bonds is 5. The van der Waals surface area contributed by atoms with Gasteiger partial charge in [-0.15, -0.1) is 0 Å². The summed E-state index contributed by atoms with van der Waals surface area (Å²) < 4.78 is 5.43. The van der Waals surface area contributed by atoms with Crippen LogP contribution in [0.25, 0.3) is 0 Å². The predicted molar refractivity (Wildman–Crippen MR) is 90.8 cm³/mol. The second kappa shape index (κ2) is 8.04. The van der Waals surface area contributed by atoms with Gasteiger partial charge in [0, 0.05) is 51.8 Å². The van der Waals surface area contributed by atoms with Crippen LogP contribution in [0.15, 0.2) is 10.5 Å². The van der Waals surface area contributed by atoms with Crippen LogP contribution in [-0.4, -0.2) is 77.0 Å². The Morgan fingerprint density at radius 2 is 1.64 bits per heavy atom. The van der Waals surface area contributed by atoms with Crippen molar-refractivity contribution in [1.82, 2.24) is 14.7 Å². The molecule has 3 amide bonds. The maximum atomic E-state index is 12.6. The minimum atomic E-state index is -1.10. The van der Waals surface area contributed by atoms with Crippen molar-refractivity contribution in [3.05, 3.63) is 23.2 Å². The number of carbonyl (C=O) groups excluding carboxylic acids is 2. The highest BCUT2D eigenvalue weighted by molar-refractivity contribution is 5.96. The molecule has 1 aliphatic heterocycles. The highest BCUT2D eigenvalue weighted by Gasteiger charge is 2.29. The molecule has 0 aliphatic carbocycles. The van der Waals surface area contributed by atoms with Crippen LogP contribution in [0.5, 0.6) is 0 Å². The van der Waals surface area contributed by atoms with Gasteiger partial charge < -0.3 is 24.2 Å². The number of carboxylic acid groups (broad SMARTS) is 1. The molecule has 2 heterocycles. The zero-order chi connectivity index (χ0) is 18.6. The van der Waals surface area contributed by atoms with Crippen LogP contribution in [-0.2, 0) is 6.42 Å². The third-order valence-electron chi connectivity index (χ3n) is 4.44. The van der Waals surface area contributed by atoms with E-state index in [1.807, 2.05) is 13.8 Å². The summed E-state index contributed by atoms with van der Waals surface area (Å²) in [4.78, 5) is 41.2. The third kappa shape index (κ3) is 3.94. The van der Waals surface area contributed by atoms with E-state index in [9.17, 15) is 14.4 Å². The minimum absolute atomic E-state index is 0.0171. The first-order valence-electron chi connectivity index (χ1n) is 8.61. The third-order valence-corrected chi connectivity index (χ3v) is 4.44. The number of urea groups is 1. The number of carboxylic acids is 1. The average molecular weight is 351 g/mol. The van der Waals surface area contributed by atoms with Gasteiger partial charge in [0.15, 0.2) is 5.76 Å². The molecule has 25 heavy (non-hydrogen) atoms. The van der Waals surface area contributed by atoms with E-state index in [1.54, 1.807) is 21.6 Å². The van der Waals surface area contributed by atoms with E-state index in [0.717, 1.165) is 0 Å². The summed E-state index contributed by atoms with van der Waals surface area (Å²) in [6, 6.07) is 1.27. The van der Waals surface area contributed by atoms with Crippen LogP contribution in [0.3, 0.4) is 0 Å². The van der Waals surface area contributed by atoms with E-state index < -0.39 is 5.97 Å². The van der Waals surface area contributed by atoms with Gasteiger partial charge >= 0.3 is 12.0 Å². The Morgan fingerprint density at radius 3 is 2.08 bits per heavy atom. The van der Waals surface area contributed by atoms with Crippen molar-refractivity contribution >= 4 is 17.9 Å². The Labute approximate surface area is 147 Å². The molecule has 8 heteroatoms. The molecule has 1 aromatic rings. The number of hydrogen-bond donors (Lipinski definition) is 1. The molecule has 0 radical (unpaired) electrons. The van der Waals surface area contributed by atoms with Crippen molar-refractivity contribution in [2.45, 2.75) is 27.2 Å². The lowest BCUT2D eigenvalue weighted by molar-refractivity contribution is 0.0609. The van der Waals surface area contributed by atoms with Gasteiger partial charge in [0.25, 0.3) is 5.91 Å². The smallest absolute Gasteiger partial charge is 0.339 e. The number of hydrogen-bond acceptors (Lipinski definition) is 4. The first-order valence-corrected chi connectivity index (χ1v) is 8.61. The van der Waals surface area contributed by atoms with Crippen molar-refractivity contribution < 1.29 is 23.9 Å². The fraction of sp³-hybridized carbons (Fsp3) is 0.588. The van der Waals surface area contributed by atoms with Crippen molar-refractivity contribution in [1.29, 1.82) is 0 Å². The lowest BCUT2D eigenvalue weighted by Crippen LogP contribution is -2.54. The number of amides is 3. The van der Waals surface area contributed by atoms with Gasteiger partial charge in [-0.1, -0.05) is 6.92 Å². The zero-order valence-electron chi connectivity index (χ0n) is 14.9. The second-order valence-electron chi connectivity index (χ2n) is 5.84. The zero-order valence-corrected chi connectivity index (χ0v) is 14.9. The lowest BCUT2D eigenvalue weighted by Gasteiger charge is -2.36. The van der Waals surface area contributed by atoms with Crippen molar-refractivity contribution in [2.75, 3.05) is 39.3 Å². The van der Waals surface area contributed by atoms with E-state index in [2.05, 4.69) is 0 Å². The van der Waals surface area contributed by atoms with Gasteiger partial charge in [0.1, 0.15) is 11.3 Å². The van der Waals surface area contributed by atoms with Gasteiger partial charge in [0.05, 0.1) is 0 Å². The van der Waals surface area contributed by atoms with E-state index >= 15 is 0 Å². The van der Waals surface area contributed by atoms with E-state index in [1.165, 1.54) is 6.07 Å². The molecule has 1 fully saturated rings. The molecule has 0 bridgehead atoms. The fourth-order valence-electron chi connectivity index (χ4n) is 2.93. The van der Waals surface area contributed by atoms with Crippen LogP contribution in [0.1, 0.15) is 47.4 Å². The molecule has 1 aromatic heterocycles. The van der Waals surface area contributed by atoms with E-state index in [0.29, 0.717) is 51.4 Å². The summed E-state index contributed by atoms with van der Waals surface area (Å²) in [7, 11) is 0. The maximum Gasteiger partial charge on any atom is 0.339 e. The molecule has 2 rings (SSSR count). The largest absolute Gasteiger partial charge is 0.478 e. The minimum Gasteiger partial charge on any atom is -0.478 e. The molecular formula is C17H25N3O5. The normalized spacial score (nSPS) is 14.5. The molecule has 1 aliphatic rings. The summed E-state index contributed by atoms with van der Waals surface area (Å²) in [6.07, 6.45) is 0.404. The monoisotopic (exact) mass is 351 g/mol. The highest BCUT2D eigenvalue weighted by Crippen LogP contribution is 2.19. The molecule has 1 saturated heterocycles. The summed E-state index contributed by atoms with van der Waals surface area (Å²) in [5.74, 6) is -1.10. The summed E-state index contributed by atoms with van der Waals surface area (Å²) in [6.45, 7) is 8.65. The summed E-state index contributed by atoms with van der Waals surface area (Å²) in [5, 5.41) is 9.16. The van der Waals surface area contributed by atoms with Crippen molar-refractivity contribution in [2.24, 2.45) is 0 Å². The number of piperazine rings is 1. The average Bonchev–Trinajstić information content (AvgIpc) is 3.07. The van der Waals surface area contributed by atoms with Crippen LogP contribution in [0, 0.1) is 0 Å². The topological polar surface area (TPSA) is 94.3 Å². The fourth-order valence-corrected chi connectivity index (χ4v) is 2.93. The van der Waals surface area contributed by atoms with E-state index in [4.69, 9.17) is 9.52 Å². The molecule has 0 unspecified atom stereocenters. The lowest BCUT2D eigenvalue weighted by atomic mass is 10.2. The van der Waals surface area contributed by atoms with Gasteiger partial charge in [0.2, 0.25) is 0 Å². The molecule has 1 N–H and O–H groups in total. The molecule has 0 atom stereocenters. The number of furan rings is 1. The molecule has 138 valence electrons. The van der Waals surface area contributed by atoms with Gasteiger partial charge in [-0.25, -0.2) is 9.59 Å².